The van der Waals surface area contributed by atoms with E-state index >= 15 is 0 Å². The van der Waals surface area contributed by atoms with Gasteiger partial charge in [0.15, 0.2) is 0 Å². The van der Waals surface area contributed by atoms with Gasteiger partial charge in [-0.25, -0.2) is 8.42 Å². The lowest BCUT2D eigenvalue weighted by molar-refractivity contribution is -0.138. The number of hydrogen-bond acceptors (Lipinski definition) is 5. The number of rotatable bonds is 6. The molecule has 0 aliphatic carbocycles. The second-order valence-corrected chi connectivity index (χ2v) is 5.14. The highest BCUT2D eigenvalue weighted by Crippen LogP contribution is 2.15. The van der Waals surface area contributed by atoms with Gasteiger partial charge in [-0.05, 0) is 24.3 Å². The lowest BCUT2D eigenvalue weighted by atomic mass is 10.3. The predicted molar refractivity (Wildman–Crippen MR) is 63.8 cm³/mol. The maximum Gasteiger partial charge on any atom is 0.323 e. The minimum absolute atomic E-state index is 0.0528. The van der Waals surface area contributed by atoms with Crippen LogP contribution >= 0.6 is 0 Å². The molecular weight excluding hydrogens is 260 g/mol. The first kappa shape index (κ1) is 14.4. The first-order valence-electron chi connectivity index (χ1n) is 5.00. The molecular formula is C10H14N2O5S. The second kappa shape index (κ2) is 5.80. The molecule has 0 aliphatic rings. The van der Waals surface area contributed by atoms with E-state index in [2.05, 4.69) is 0 Å². The number of ether oxygens (including phenoxy) is 1. The van der Waals surface area contributed by atoms with E-state index in [0.29, 0.717) is 5.75 Å². The van der Waals surface area contributed by atoms with Crippen LogP contribution in [0.2, 0.25) is 0 Å². The Morgan fingerprint density at radius 2 is 2.00 bits per heavy atom. The normalized spacial score (nSPS) is 13.0. The molecule has 1 aromatic rings. The molecule has 4 N–H and O–H groups in total. The minimum atomic E-state index is -3.91. The van der Waals surface area contributed by atoms with Gasteiger partial charge < -0.3 is 15.6 Å². The fourth-order valence-corrected chi connectivity index (χ4v) is 2.41. The Kier molecular flexibility index (Phi) is 4.65. The fourth-order valence-electron chi connectivity index (χ4n) is 1.21. The minimum Gasteiger partial charge on any atom is -0.497 e. The molecule has 0 amide bonds. The Morgan fingerprint density at radius 1 is 1.44 bits per heavy atom. The van der Waals surface area contributed by atoms with Crippen LogP contribution in [0.4, 0.5) is 0 Å². The van der Waals surface area contributed by atoms with E-state index in [1.165, 1.54) is 31.4 Å². The number of hydrogen-bond donors (Lipinski definition) is 3. The maximum absolute atomic E-state index is 11.8. The Morgan fingerprint density at radius 3 is 2.39 bits per heavy atom. The summed E-state index contributed by atoms with van der Waals surface area (Å²) >= 11 is 0. The fraction of sp³-hybridized carbons (Fsp3) is 0.300. The van der Waals surface area contributed by atoms with Crippen molar-refractivity contribution in [2.45, 2.75) is 10.9 Å². The van der Waals surface area contributed by atoms with Crippen molar-refractivity contribution in [3.8, 4) is 5.75 Å². The van der Waals surface area contributed by atoms with Crippen molar-refractivity contribution in [1.29, 1.82) is 0 Å². The highest BCUT2D eigenvalue weighted by Gasteiger charge is 2.23. The van der Waals surface area contributed by atoms with Crippen LogP contribution < -0.4 is 15.2 Å². The number of carboxylic acids is 1. The van der Waals surface area contributed by atoms with Crippen LogP contribution in [0.1, 0.15) is 0 Å². The predicted octanol–water partition coefficient (Wildman–Crippen LogP) is -0.615. The molecule has 18 heavy (non-hydrogen) atoms. The van der Waals surface area contributed by atoms with E-state index in [1.807, 2.05) is 4.72 Å². The molecule has 0 fully saturated rings. The molecule has 1 rings (SSSR count). The summed E-state index contributed by atoms with van der Waals surface area (Å²) in [5.74, 6) is -0.822. The van der Waals surface area contributed by atoms with Gasteiger partial charge in [0.2, 0.25) is 10.0 Å². The number of carbonyl (C=O) groups is 1. The molecule has 8 heteroatoms. The zero-order valence-corrected chi connectivity index (χ0v) is 10.5. The molecule has 0 saturated heterocycles. The molecule has 7 nitrogen and oxygen atoms in total. The van der Waals surface area contributed by atoms with E-state index in [9.17, 15) is 13.2 Å². The van der Waals surface area contributed by atoms with Crippen LogP contribution in [0, 0.1) is 0 Å². The van der Waals surface area contributed by atoms with Crippen molar-refractivity contribution >= 4 is 16.0 Å². The Labute approximate surface area is 105 Å². The third-order valence-corrected chi connectivity index (χ3v) is 3.69. The number of carboxylic acid groups (broad SMARTS) is 1. The standard InChI is InChI=1S/C10H14N2O5S/c1-17-7-2-4-8(5-3-7)18(15,16)12-9(6-11)10(13)14/h2-5,9,12H,6,11H2,1H3,(H,13,14). The van der Waals surface area contributed by atoms with Crippen molar-refractivity contribution in [3.63, 3.8) is 0 Å². The highest BCUT2D eigenvalue weighted by atomic mass is 32.2. The van der Waals surface area contributed by atoms with Crippen molar-refractivity contribution in [1.82, 2.24) is 4.72 Å². The molecule has 0 aromatic heterocycles. The van der Waals surface area contributed by atoms with Gasteiger partial charge in [-0.2, -0.15) is 4.72 Å². The van der Waals surface area contributed by atoms with E-state index in [0.717, 1.165) is 0 Å². The van der Waals surface area contributed by atoms with E-state index < -0.39 is 22.0 Å². The molecule has 0 spiro atoms. The molecule has 100 valence electrons. The molecule has 0 heterocycles. The molecule has 0 aliphatic heterocycles. The zero-order valence-electron chi connectivity index (χ0n) is 9.66. The number of aliphatic carboxylic acids is 1. The summed E-state index contributed by atoms with van der Waals surface area (Å²) < 4.78 is 30.6. The summed E-state index contributed by atoms with van der Waals surface area (Å²) in [5, 5.41) is 8.74. The van der Waals surface area contributed by atoms with E-state index in [1.54, 1.807) is 0 Å². The van der Waals surface area contributed by atoms with Crippen LogP contribution in [0.25, 0.3) is 0 Å². The largest absolute Gasteiger partial charge is 0.497 e. The van der Waals surface area contributed by atoms with Gasteiger partial charge in [-0.3, -0.25) is 4.79 Å². The Bertz CT molecular complexity index is 512. The molecule has 0 bridgehead atoms. The van der Waals surface area contributed by atoms with Crippen LogP contribution in [-0.4, -0.2) is 39.2 Å². The Balaban J connectivity index is 2.95. The second-order valence-electron chi connectivity index (χ2n) is 3.42. The summed E-state index contributed by atoms with van der Waals surface area (Å²) in [6, 6.07) is 4.21. The van der Waals surface area contributed by atoms with Gasteiger partial charge >= 0.3 is 5.97 Å². The van der Waals surface area contributed by atoms with Gasteiger partial charge in [-0.1, -0.05) is 0 Å². The topological polar surface area (TPSA) is 119 Å². The third-order valence-electron chi connectivity index (χ3n) is 2.20. The van der Waals surface area contributed by atoms with Gasteiger partial charge in [-0.15, -0.1) is 0 Å². The summed E-state index contributed by atoms with van der Waals surface area (Å²) in [6.45, 7) is -0.329. The third kappa shape index (κ3) is 3.42. The lowest BCUT2D eigenvalue weighted by Gasteiger charge is -2.12. The monoisotopic (exact) mass is 274 g/mol. The first-order valence-corrected chi connectivity index (χ1v) is 6.48. The average molecular weight is 274 g/mol. The summed E-state index contributed by atoms with van der Waals surface area (Å²) in [5.41, 5.74) is 5.18. The van der Waals surface area contributed by atoms with Crippen molar-refractivity contribution in [3.05, 3.63) is 24.3 Å². The number of methoxy groups -OCH3 is 1. The van der Waals surface area contributed by atoms with E-state index in [4.69, 9.17) is 15.6 Å². The Hall–Kier alpha value is -1.64. The quantitative estimate of drug-likeness (QED) is 0.636. The summed E-state index contributed by atoms with van der Waals surface area (Å²) in [6.07, 6.45) is 0. The van der Waals surface area contributed by atoms with Crippen molar-refractivity contribution in [2.24, 2.45) is 5.73 Å². The number of sulfonamides is 1. The summed E-state index contributed by atoms with van der Waals surface area (Å²) in [4.78, 5) is 10.7. The highest BCUT2D eigenvalue weighted by molar-refractivity contribution is 7.89. The van der Waals surface area contributed by atoms with Gasteiger partial charge in [0.1, 0.15) is 11.8 Å². The van der Waals surface area contributed by atoms with Crippen LogP contribution in [-0.2, 0) is 14.8 Å². The number of nitrogens with one attached hydrogen (secondary N) is 1. The number of nitrogens with two attached hydrogens (primary N) is 1. The molecule has 0 radical (unpaired) electrons. The average Bonchev–Trinajstić information content (AvgIpc) is 2.35. The van der Waals surface area contributed by atoms with Crippen LogP contribution in [0.3, 0.4) is 0 Å². The zero-order chi connectivity index (χ0) is 13.8. The van der Waals surface area contributed by atoms with Crippen LogP contribution in [0.5, 0.6) is 5.75 Å². The van der Waals surface area contributed by atoms with Crippen LogP contribution in [0.15, 0.2) is 29.2 Å². The van der Waals surface area contributed by atoms with Gasteiger partial charge in [0.25, 0.3) is 0 Å². The lowest BCUT2D eigenvalue weighted by Crippen LogP contribution is -2.45. The molecule has 1 unspecified atom stereocenters. The van der Waals surface area contributed by atoms with Gasteiger partial charge in [0, 0.05) is 6.54 Å². The van der Waals surface area contributed by atoms with Gasteiger partial charge in [0.05, 0.1) is 12.0 Å². The maximum atomic E-state index is 11.8. The SMILES string of the molecule is COc1ccc(S(=O)(=O)NC(CN)C(=O)O)cc1. The number of benzene rings is 1. The van der Waals surface area contributed by atoms with Crippen molar-refractivity contribution in [2.75, 3.05) is 13.7 Å². The molecule has 0 saturated carbocycles. The molecule has 1 aromatic carbocycles. The first-order chi connectivity index (χ1) is 8.40. The molecule has 1 atom stereocenters. The smallest absolute Gasteiger partial charge is 0.323 e. The summed E-state index contributed by atoms with van der Waals surface area (Å²) in [7, 11) is -2.45. The van der Waals surface area contributed by atoms with E-state index in [-0.39, 0.29) is 11.4 Å². The van der Waals surface area contributed by atoms with Crippen molar-refractivity contribution < 1.29 is 23.1 Å².